The van der Waals surface area contributed by atoms with E-state index in [9.17, 15) is 18.7 Å². The number of hydrogen-bond acceptors (Lipinski definition) is 3. The standard InChI is InChI=1S/C25H24F2N2O2/c26-19-7-4-16(5-8-19)6-13-22(30)23-24(18-3-1-2-17(14-18)15-28)29(25(23)31)21-11-9-20(27)10-12-21/h1-5,7-12,14,22-24,30H,6,13,15,28H2. The SMILES string of the molecule is NCc1cccc(C2C(C(O)CCc3ccc(F)cc3)C(=O)N2c2ccc(F)cc2)c1. The van der Waals surface area contributed by atoms with Crippen LogP contribution < -0.4 is 10.6 Å². The van der Waals surface area contributed by atoms with Crippen LogP contribution in [0.1, 0.15) is 29.2 Å². The molecule has 4 nitrogen and oxygen atoms in total. The number of anilines is 1. The van der Waals surface area contributed by atoms with Crippen LogP contribution in [0.2, 0.25) is 0 Å². The molecule has 3 N–H and O–H groups in total. The van der Waals surface area contributed by atoms with Gasteiger partial charge in [-0.05, 0) is 65.9 Å². The number of amides is 1. The van der Waals surface area contributed by atoms with Crippen molar-refractivity contribution >= 4 is 11.6 Å². The lowest BCUT2D eigenvalue weighted by Crippen LogP contribution is -2.59. The van der Waals surface area contributed by atoms with Crippen LogP contribution in [0.25, 0.3) is 0 Å². The molecule has 1 aliphatic rings. The second-order valence-corrected chi connectivity index (χ2v) is 7.84. The van der Waals surface area contributed by atoms with E-state index < -0.39 is 12.0 Å². The van der Waals surface area contributed by atoms with Gasteiger partial charge in [-0.3, -0.25) is 4.79 Å². The molecule has 3 aromatic carbocycles. The number of nitrogens with two attached hydrogens (primary N) is 1. The molecule has 0 aliphatic carbocycles. The zero-order valence-electron chi connectivity index (χ0n) is 16.9. The van der Waals surface area contributed by atoms with Crippen LogP contribution >= 0.6 is 0 Å². The molecule has 31 heavy (non-hydrogen) atoms. The van der Waals surface area contributed by atoms with E-state index >= 15 is 0 Å². The Morgan fingerprint density at radius 3 is 2.23 bits per heavy atom. The average Bonchev–Trinajstić information content (AvgIpc) is 2.78. The molecule has 1 fully saturated rings. The predicted molar refractivity (Wildman–Crippen MR) is 115 cm³/mol. The number of aliphatic hydroxyl groups excluding tert-OH is 1. The van der Waals surface area contributed by atoms with E-state index in [1.807, 2.05) is 24.3 Å². The van der Waals surface area contributed by atoms with E-state index in [2.05, 4.69) is 0 Å². The molecule has 1 aliphatic heterocycles. The van der Waals surface area contributed by atoms with Gasteiger partial charge in [0.15, 0.2) is 0 Å². The van der Waals surface area contributed by atoms with Crippen molar-refractivity contribution in [2.45, 2.75) is 31.5 Å². The van der Waals surface area contributed by atoms with Gasteiger partial charge < -0.3 is 15.7 Å². The van der Waals surface area contributed by atoms with Crippen LogP contribution in [0.3, 0.4) is 0 Å². The molecule has 6 heteroatoms. The van der Waals surface area contributed by atoms with Gasteiger partial charge >= 0.3 is 0 Å². The highest BCUT2D eigenvalue weighted by molar-refractivity contribution is 6.03. The maximum Gasteiger partial charge on any atom is 0.235 e. The van der Waals surface area contributed by atoms with Crippen molar-refractivity contribution in [2.24, 2.45) is 11.7 Å². The van der Waals surface area contributed by atoms with Gasteiger partial charge in [0.1, 0.15) is 11.6 Å². The lowest BCUT2D eigenvalue weighted by atomic mass is 9.76. The van der Waals surface area contributed by atoms with Crippen molar-refractivity contribution in [3.8, 4) is 0 Å². The fourth-order valence-electron chi connectivity index (χ4n) is 4.18. The quantitative estimate of drug-likeness (QED) is 0.563. The fourth-order valence-corrected chi connectivity index (χ4v) is 4.18. The Bertz CT molecular complexity index is 1050. The van der Waals surface area contributed by atoms with Gasteiger partial charge in [0.25, 0.3) is 0 Å². The summed E-state index contributed by atoms with van der Waals surface area (Å²) >= 11 is 0. The number of aryl methyl sites for hydroxylation is 1. The summed E-state index contributed by atoms with van der Waals surface area (Å²) in [6.07, 6.45) is 0.0183. The summed E-state index contributed by atoms with van der Waals surface area (Å²) in [5.74, 6) is -1.53. The Labute approximate surface area is 179 Å². The fraction of sp³-hybridized carbons (Fsp3) is 0.240. The molecule has 0 radical (unpaired) electrons. The van der Waals surface area contributed by atoms with Gasteiger partial charge in [0, 0.05) is 12.2 Å². The van der Waals surface area contributed by atoms with Gasteiger partial charge in [-0.1, -0.05) is 36.4 Å². The van der Waals surface area contributed by atoms with E-state index in [-0.39, 0.29) is 23.6 Å². The molecule has 0 bridgehead atoms. The highest BCUT2D eigenvalue weighted by Gasteiger charge is 2.52. The molecule has 0 spiro atoms. The molecule has 3 atom stereocenters. The zero-order chi connectivity index (χ0) is 22.0. The van der Waals surface area contributed by atoms with E-state index in [1.165, 1.54) is 24.3 Å². The molecule has 1 amide bonds. The molecule has 4 rings (SSSR count). The number of benzene rings is 3. The zero-order valence-corrected chi connectivity index (χ0v) is 16.9. The number of rotatable bonds is 7. The van der Waals surface area contributed by atoms with Gasteiger partial charge in [0.2, 0.25) is 5.91 Å². The van der Waals surface area contributed by atoms with E-state index in [1.54, 1.807) is 29.2 Å². The van der Waals surface area contributed by atoms with Crippen LogP contribution in [0.15, 0.2) is 72.8 Å². The molecule has 3 aromatic rings. The van der Waals surface area contributed by atoms with Crippen LogP contribution in [0.4, 0.5) is 14.5 Å². The minimum Gasteiger partial charge on any atom is -0.392 e. The Balaban J connectivity index is 1.59. The molecule has 0 saturated carbocycles. The Hall–Kier alpha value is -3.09. The lowest BCUT2D eigenvalue weighted by molar-refractivity contribution is -0.136. The smallest absolute Gasteiger partial charge is 0.235 e. The summed E-state index contributed by atoms with van der Waals surface area (Å²) in [7, 11) is 0. The number of β-lactam (4-membered cyclic amide) rings is 1. The summed E-state index contributed by atoms with van der Waals surface area (Å²) in [6.45, 7) is 0.364. The van der Waals surface area contributed by atoms with Crippen molar-refractivity contribution in [3.05, 3.63) is 101 Å². The minimum atomic E-state index is -0.874. The maximum absolute atomic E-state index is 13.4. The lowest BCUT2D eigenvalue weighted by Gasteiger charge is -2.49. The number of carbonyl (C=O) groups excluding carboxylic acids is 1. The van der Waals surface area contributed by atoms with Crippen LogP contribution in [0.5, 0.6) is 0 Å². The summed E-state index contributed by atoms with van der Waals surface area (Å²) in [5, 5.41) is 10.9. The van der Waals surface area contributed by atoms with Crippen LogP contribution in [0, 0.1) is 17.6 Å². The molecule has 0 aromatic heterocycles. The maximum atomic E-state index is 13.4. The Morgan fingerprint density at radius 1 is 0.935 bits per heavy atom. The van der Waals surface area contributed by atoms with Gasteiger partial charge in [0.05, 0.1) is 18.1 Å². The van der Waals surface area contributed by atoms with Crippen LogP contribution in [-0.2, 0) is 17.8 Å². The van der Waals surface area contributed by atoms with Crippen LogP contribution in [-0.4, -0.2) is 17.1 Å². The van der Waals surface area contributed by atoms with Crippen molar-refractivity contribution in [3.63, 3.8) is 0 Å². The first kappa shape index (κ1) is 21.2. The summed E-state index contributed by atoms with van der Waals surface area (Å²) in [6, 6.07) is 19.1. The molecule has 3 unspecified atom stereocenters. The van der Waals surface area contributed by atoms with E-state index in [4.69, 9.17) is 5.73 Å². The van der Waals surface area contributed by atoms with E-state index in [0.29, 0.717) is 25.1 Å². The van der Waals surface area contributed by atoms with Gasteiger partial charge in [-0.2, -0.15) is 0 Å². The number of carbonyl (C=O) groups is 1. The average molecular weight is 422 g/mol. The third kappa shape index (κ3) is 4.36. The minimum absolute atomic E-state index is 0.207. The third-order valence-corrected chi connectivity index (χ3v) is 5.83. The first-order chi connectivity index (χ1) is 15.0. The molecular formula is C25H24F2N2O2. The summed E-state index contributed by atoms with van der Waals surface area (Å²) < 4.78 is 26.5. The highest BCUT2D eigenvalue weighted by Crippen LogP contribution is 2.46. The van der Waals surface area contributed by atoms with E-state index in [0.717, 1.165) is 16.7 Å². The topological polar surface area (TPSA) is 66.6 Å². The Kier molecular flexibility index (Phi) is 6.11. The number of aliphatic hydroxyl groups is 1. The number of hydrogen-bond donors (Lipinski definition) is 2. The van der Waals surface area contributed by atoms with Crippen molar-refractivity contribution < 1.29 is 18.7 Å². The largest absolute Gasteiger partial charge is 0.392 e. The monoisotopic (exact) mass is 422 g/mol. The van der Waals surface area contributed by atoms with Crippen molar-refractivity contribution in [1.29, 1.82) is 0 Å². The number of halogens is 2. The van der Waals surface area contributed by atoms with Crippen molar-refractivity contribution in [2.75, 3.05) is 4.90 Å². The Morgan fingerprint density at radius 2 is 1.58 bits per heavy atom. The van der Waals surface area contributed by atoms with Gasteiger partial charge in [-0.15, -0.1) is 0 Å². The summed E-state index contributed by atoms with van der Waals surface area (Å²) in [5.41, 5.74) is 9.06. The van der Waals surface area contributed by atoms with Gasteiger partial charge in [-0.25, -0.2) is 8.78 Å². The summed E-state index contributed by atoms with van der Waals surface area (Å²) in [4.78, 5) is 14.7. The second-order valence-electron chi connectivity index (χ2n) is 7.84. The highest BCUT2D eigenvalue weighted by atomic mass is 19.1. The second kappa shape index (κ2) is 8.96. The third-order valence-electron chi connectivity index (χ3n) is 5.83. The number of nitrogens with zero attached hydrogens (tertiary/aromatic N) is 1. The first-order valence-corrected chi connectivity index (χ1v) is 10.3. The molecule has 1 heterocycles. The normalized spacial score (nSPS) is 19.2. The predicted octanol–water partition coefficient (Wildman–Crippen LogP) is 4.12. The molecule has 160 valence electrons. The molecule has 1 saturated heterocycles. The first-order valence-electron chi connectivity index (χ1n) is 10.3. The molecular weight excluding hydrogens is 398 g/mol. The van der Waals surface area contributed by atoms with Crippen molar-refractivity contribution in [1.82, 2.24) is 0 Å².